The highest BCUT2D eigenvalue weighted by Crippen LogP contribution is 2.37. The number of amides is 1. The number of hydrogen-bond acceptors (Lipinski definition) is 5. The smallest absolute Gasteiger partial charge is 0.331 e. The van der Waals surface area contributed by atoms with Crippen LogP contribution in [0.2, 0.25) is 0 Å². The van der Waals surface area contributed by atoms with Crippen LogP contribution < -0.4 is 5.32 Å². The van der Waals surface area contributed by atoms with Crippen molar-refractivity contribution in [3.63, 3.8) is 0 Å². The van der Waals surface area contributed by atoms with Crippen molar-refractivity contribution in [2.45, 2.75) is 25.7 Å². The molecule has 1 aliphatic rings. The van der Waals surface area contributed by atoms with E-state index in [9.17, 15) is 14.9 Å². The highest BCUT2D eigenvalue weighted by atomic mass is 79.9. The number of rotatable bonds is 5. The van der Waals surface area contributed by atoms with Crippen molar-refractivity contribution in [3.8, 4) is 6.07 Å². The molecule has 0 saturated heterocycles. The summed E-state index contributed by atoms with van der Waals surface area (Å²) >= 11 is 4.80. The Labute approximate surface area is 169 Å². The first-order chi connectivity index (χ1) is 13.1. The van der Waals surface area contributed by atoms with Crippen LogP contribution in [0, 0.1) is 11.3 Å². The zero-order valence-corrected chi connectivity index (χ0v) is 16.9. The summed E-state index contributed by atoms with van der Waals surface area (Å²) in [6.07, 6.45) is 6.88. The van der Waals surface area contributed by atoms with E-state index in [0.29, 0.717) is 10.6 Å². The van der Waals surface area contributed by atoms with Crippen LogP contribution in [-0.4, -0.2) is 18.5 Å². The average molecular weight is 445 g/mol. The van der Waals surface area contributed by atoms with Crippen LogP contribution in [0.4, 0.5) is 5.00 Å². The molecule has 1 amide bonds. The Morgan fingerprint density at radius 3 is 2.93 bits per heavy atom. The third-order valence-electron chi connectivity index (χ3n) is 4.14. The van der Waals surface area contributed by atoms with Gasteiger partial charge in [-0.05, 0) is 55.0 Å². The van der Waals surface area contributed by atoms with Crippen molar-refractivity contribution in [3.05, 3.63) is 56.4 Å². The van der Waals surface area contributed by atoms with Crippen molar-refractivity contribution < 1.29 is 14.3 Å². The van der Waals surface area contributed by atoms with Gasteiger partial charge in [0.1, 0.15) is 11.1 Å². The van der Waals surface area contributed by atoms with Gasteiger partial charge in [0, 0.05) is 15.4 Å². The van der Waals surface area contributed by atoms with E-state index in [1.165, 1.54) is 22.3 Å². The van der Waals surface area contributed by atoms with Crippen LogP contribution in [0.5, 0.6) is 0 Å². The minimum absolute atomic E-state index is 0.394. The number of anilines is 1. The number of ether oxygens (including phenoxy) is 1. The number of aryl methyl sites for hydroxylation is 1. The van der Waals surface area contributed by atoms with E-state index in [1.807, 2.05) is 24.3 Å². The van der Waals surface area contributed by atoms with Crippen LogP contribution >= 0.6 is 27.3 Å². The zero-order chi connectivity index (χ0) is 19.2. The minimum atomic E-state index is -0.601. The second-order valence-corrected chi connectivity index (χ2v) is 8.09. The Hall–Kier alpha value is -2.43. The van der Waals surface area contributed by atoms with Crippen molar-refractivity contribution in [1.29, 1.82) is 5.26 Å². The number of hydrogen-bond donors (Lipinski definition) is 1. The van der Waals surface area contributed by atoms with Gasteiger partial charge in [0.25, 0.3) is 5.91 Å². The molecule has 0 spiro atoms. The van der Waals surface area contributed by atoms with Gasteiger partial charge >= 0.3 is 5.97 Å². The highest BCUT2D eigenvalue weighted by molar-refractivity contribution is 9.10. The van der Waals surface area contributed by atoms with Crippen LogP contribution in [0.25, 0.3) is 6.08 Å². The standard InChI is InChI=1S/C20H17BrN2O3S/c21-14-5-3-4-13(10-14)8-9-19(25)26-12-18(24)23-20-16(11-22)15-6-1-2-7-17(15)27-20/h3-5,8-10H,1-2,6-7,12H2,(H,23,24)/b9-8+. The summed E-state index contributed by atoms with van der Waals surface area (Å²) in [5, 5.41) is 12.7. The average Bonchev–Trinajstić information content (AvgIpc) is 3.01. The monoisotopic (exact) mass is 444 g/mol. The molecule has 0 atom stereocenters. The first-order valence-electron chi connectivity index (χ1n) is 8.51. The Morgan fingerprint density at radius 2 is 2.15 bits per heavy atom. The summed E-state index contributed by atoms with van der Waals surface area (Å²) < 4.78 is 5.88. The molecule has 1 aromatic heterocycles. The number of thiophene rings is 1. The Balaban J connectivity index is 1.55. The van der Waals surface area contributed by atoms with Gasteiger partial charge in [0.05, 0.1) is 5.56 Å². The molecule has 1 N–H and O–H groups in total. The number of nitrogens with one attached hydrogen (secondary N) is 1. The fraction of sp³-hybridized carbons (Fsp3) is 0.250. The van der Waals surface area contributed by atoms with E-state index in [2.05, 4.69) is 27.3 Å². The molecule has 0 bridgehead atoms. The molecule has 1 aliphatic carbocycles. The quantitative estimate of drug-likeness (QED) is 0.545. The normalized spacial score (nSPS) is 13.0. The van der Waals surface area contributed by atoms with Crippen molar-refractivity contribution in [1.82, 2.24) is 0 Å². The Morgan fingerprint density at radius 1 is 1.33 bits per heavy atom. The summed E-state index contributed by atoms with van der Waals surface area (Å²) in [4.78, 5) is 25.1. The van der Waals surface area contributed by atoms with Gasteiger partial charge in [-0.25, -0.2) is 4.79 Å². The fourth-order valence-corrected chi connectivity index (χ4v) is 4.57. The lowest BCUT2D eigenvalue weighted by atomic mass is 9.96. The van der Waals surface area contributed by atoms with Crippen molar-refractivity contribution >= 4 is 50.2 Å². The number of esters is 1. The molecule has 1 heterocycles. The lowest BCUT2D eigenvalue weighted by Crippen LogP contribution is -2.20. The van der Waals surface area contributed by atoms with E-state index in [4.69, 9.17) is 4.74 Å². The van der Waals surface area contributed by atoms with Crippen LogP contribution in [0.15, 0.2) is 34.8 Å². The number of nitriles is 1. The molecule has 0 saturated carbocycles. The number of carbonyl (C=O) groups is 2. The second-order valence-electron chi connectivity index (χ2n) is 6.07. The molecule has 3 rings (SSSR count). The summed E-state index contributed by atoms with van der Waals surface area (Å²) in [6.45, 7) is -0.394. The maximum Gasteiger partial charge on any atom is 0.331 e. The van der Waals surface area contributed by atoms with Crippen LogP contribution in [-0.2, 0) is 27.2 Å². The van der Waals surface area contributed by atoms with E-state index in [1.54, 1.807) is 6.08 Å². The van der Waals surface area contributed by atoms with Gasteiger partial charge in [0.15, 0.2) is 6.61 Å². The molecule has 0 fully saturated rings. The van der Waals surface area contributed by atoms with Crippen molar-refractivity contribution in [2.75, 3.05) is 11.9 Å². The third kappa shape index (κ3) is 5.06. The van der Waals surface area contributed by atoms with Gasteiger partial charge < -0.3 is 10.1 Å². The molecule has 27 heavy (non-hydrogen) atoms. The van der Waals surface area contributed by atoms with E-state index in [0.717, 1.165) is 41.3 Å². The molecule has 138 valence electrons. The van der Waals surface area contributed by atoms with Gasteiger partial charge in [-0.2, -0.15) is 5.26 Å². The van der Waals surface area contributed by atoms with Gasteiger partial charge in [-0.15, -0.1) is 11.3 Å². The highest BCUT2D eigenvalue weighted by Gasteiger charge is 2.21. The fourth-order valence-electron chi connectivity index (χ4n) is 2.89. The van der Waals surface area contributed by atoms with E-state index in [-0.39, 0.29) is 0 Å². The minimum Gasteiger partial charge on any atom is -0.452 e. The predicted octanol–water partition coefficient (Wildman–Crippen LogP) is 4.46. The number of nitrogens with zero attached hydrogens (tertiary/aromatic N) is 1. The molecule has 0 unspecified atom stereocenters. The summed E-state index contributed by atoms with van der Waals surface area (Å²) in [6, 6.07) is 9.64. The largest absolute Gasteiger partial charge is 0.452 e. The topological polar surface area (TPSA) is 79.2 Å². The molecule has 7 heteroatoms. The molecule has 0 aliphatic heterocycles. The van der Waals surface area contributed by atoms with Gasteiger partial charge in [0.2, 0.25) is 0 Å². The number of benzene rings is 1. The second kappa shape index (κ2) is 8.98. The SMILES string of the molecule is N#Cc1c(NC(=O)COC(=O)/C=C/c2cccc(Br)c2)sc2c1CCCC2. The Bertz CT molecular complexity index is 943. The first-order valence-corrected chi connectivity index (χ1v) is 10.1. The number of carbonyl (C=O) groups excluding carboxylic acids is 2. The van der Waals surface area contributed by atoms with Crippen LogP contribution in [0.3, 0.4) is 0 Å². The Kier molecular flexibility index (Phi) is 6.43. The van der Waals surface area contributed by atoms with Gasteiger partial charge in [-0.3, -0.25) is 4.79 Å². The maximum atomic E-state index is 12.1. The summed E-state index contributed by atoms with van der Waals surface area (Å²) in [5.41, 5.74) is 2.44. The van der Waals surface area contributed by atoms with E-state index >= 15 is 0 Å². The van der Waals surface area contributed by atoms with Gasteiger partial charge in [-0.1, -0.05) is 28.1 Å². The molecular weight excluding hydrogens is 428 g/mol. The predicted molar refractivity (Wildman–Crippen MR) is 108 cm³/mol. The zero-order valence-electron chi connectivity index (χ0n) is 14.5. The van der Waals surface area contributed by atoms with Crippen LogP contribution in [0.1, 0.15) is 34.4 Å². The summed E-state index contributed by atoms with van der Waals surface area (Å²) in [5.74, 6) is -1.05. The first kappa shape index (κ1) is 19.3. The molecular formula is C20H17BrN2O3S. The third-order valence-corrected chi connectivity index (χ3v) is 5.84. The molecule has 5 nitrogen and oxygen atoms in total. The molecule has 0 radical (unpaired) electrons. The molecule has 1 aromatic carbocycles. The number of halogens is 1. The lowest BCUT2D eigenvalue weighted by Gasteiger charge is -2.09. The molecule has 2 aromatic rings. The van der Waals surface area contributed by atoms with E-state index < -0.39 is 18.5 Å². The maximum absolute atomic E-state index is 12.1. The van der Waals surface area contributed by atoms with Crippen molar-refractivity contribution in [2.24, 2.45) is 0 Å². The summed E-state index contributed by atoms with van der Waals surface area (Å²) in [7, 11) is 0. The number of fused-ring (bicyclic) bond motifs is 1. The lowest BCUT2D eigenvalue weighted by molar-refractivity contribution is -0.142.